The molecule has 2 aromatic carbocycles. The Bertz CT molecular complexity index is 1310. The van der Waals surface area contributed by atoms with Gasteiger partial charge in [0.05, 0.1) is 11.0 Å². The number of benzene rings is 2. The van der Waals surface area contributed by atoms with Gasteiger partial charge in [-0.15, -0.1) is 0 Å². The fourth-order valence-electron chi connectivity index (χ4n) is 5.36. The molecule has 0 radical (unpaired) electrons. The fraction of sp³-hybridized carbons (Fsp3) is 0.321. The summed E-state index contributed by atoms with van der Waals surface area (Å²) in [5.41, 5.74) is 3.94. The molecule has 0 spiro atoms. The molecule has 2 unspecified atom stereocenters. The zero-order chi connectivity index (χ0) is 24.9. The van der Waals surface area contributed by atoms with E-state index in [2.05, 4.69) is 27.0 Å². The Balaban J connectivity index is 1.35. The topological polar surface area (TPSA) is 94.5 Å². The minimum Gasteiger partial charge on any atom is -0.465 e. The molecule has 1 aliphatic rings. The van der Waals surface area contributed by atoms with E-state index in [1.807, 2.05) is 59.2 Å². The molecule has 0 saturated carbocycles. The van der Waals surface area contributed by atoms with Crippen molar-refractivity contribution in [1.82, 2.24) is 24.3 Å². The smallest absolute Gasteiger partial charge is 0.407 e. The normalized spacial score (nSPS) is 18.1. The molecule has 1 amide bonds. The highest BCUT2D eigenvalue weighted by atomic mass is 16.4. The third-order valence-electron chi connectivity index (χ3n) is 7.11. The molecule has 5 rings (SSSR count). The number of pyridine rings is 1. The number of para-hydroxylation sites is 2. The first-order chi connectivity index (χ1) is 17.6. The van der Waals surface area contributed by atoms with Crippen molar-refractivity contribution in [2.24, 2.45) is 0 Å². The number of aromatic amines is 1. The van der Waals surface area contributed by atoms with Gasteiger partial charge in [-0.3, -0.25) is 14.5 Å². The molecule has 1 aliphatic heterocycles. The molecule has 0 aliphatic carbocycles. The van der Waals surface area contributed by atoms with Crippen LogP contribution in [0, 0.1) is 0 Å². The Labute approximate surface area is 209 Å². The summed E-state index contributed by atoms with van der Waals surface area (Å²) in [4.78, 5) is 35.9. The van der Waals surface area contributed by atoms with E-state index in [-0.39, 0.29) is 17.8 Å². The molecule has 0 bridgehead atoms. The second-order valence-electron chi connectivity index (χ2n) is 9.47. The lowest BCUT2D eigenvalue weighted by molar-refractivity contribution is 0.0812. The van der Waals surface area contributed by atoms with E-state index < -0.39 is 6.09 Å². The number of aromatic nitrogens is 3. The van der Waals surface area contributed by atoms with Crippen molar-refractivity contribution in [2.75, 3.05) is 13.1 Å². The van der Waals surface area contributed by atoms with Gasteiger partial charge in [0, 0.05) is 50.7 Å². The average molecular weight is 486 g/mol. The van der Waals surface area contributed by atoms with Crippen LogP contribution in [0.4, 0.5) is 4.79 Å². The van der Waals surface area contributed by atoms with Gasteiger partial charge >= 0.3 is 11.8 Å². The molecule has 2 atom stereocenters. The third kappa shape index (κ3) is 5.33. The van der Waals surface area contributed by atoms with Gasteiger partial charge in [-0.05, 0) is 54.7 Å². The van der Waals surface area contributed by atoms with Gasteiger partial charge in [0.2, 0.25) is 0 Å². The third-order valence-corrected chi connectivity index (χ3v) is 7.11. The van der Waals surface area contributed by atoms with Crippen LogP contribution < -0.4 is 5.69 Å². The maximum Gasteiger partial charge on any atom is 0.407 e. The lowest BCUT2D eigenvalue weighted by Crippen LogP contribution is -2.48. The van der Waals surface area contributed by atoms with Crippen LogP contribution in [-0.2, 0) is 13.1 Å². The number of imidazole rings is 1. The number of likely N-dealkylation sites (tertiary alicyclic amines) is 1. The van der Waals surface area contributed by atoms with Crippen molar-refractivity contribution >= 4 is 17.1 Å². The Morgan fingerprint density at radius 3 is 2.44 bits per heavy atom. The fourth-order valence-corrected chi connectivity index (χ4v) is 5.36. The molecular weight excluding hydrogens is 454 g/mol. The van der Waals surface area contributed by atoms with Crippen LogP contribution in [0.15, 0.2) is 83.9 Å². The van der Waals surface area contributed by atoms with E-state index in [0.29, 0.717) is 25.8 Å². The van der Waals surface area contributed by atoms with Crippen molar-refractivity contribution in [3.05, 3.63) is 101 Å². The number of nitrogens with one attached hydrogen (secondary N) is 1. The van der Waals surface area contributed by atoms with Crippen LogP contribution in [0.1, 0.15) is 36.4 Å². The van der Waals surface area contributed by atoms with Crippen molar-refractivity contribution in [2.45, 2.75) is 44.4 Å². The summed E-state index contributed by atoms with van der Waals surface area (Å²) < 4.78 is 1.82. The second kappa shape index (κ2) is 10.8. The van der Waals surface area contributed by atoms with Crippen LogP contribution in [0.25, 0.3) is 11.0 Å². The monoisotopic (exact) mass is 485 g/mol. The van der Waals surface area contributed by atoms with Crippen LogP contribution in [-0.4, -0.2) is 54.7 Å². The van der Waals surface area contributed by atoms with Crippen molar-refractivity contribution in [3.8, 4) is 0 Å². The first kappa shape index (κ1) is 23.8. The first-order valence-electron chi connectivity index (χ1n) is 12.4. The van der Waals surface area contributed by atoms with Crippen molar-refractivity contribution in [1.29, 1.82) is 0 Å². The number of carboxylic acid groups (broad SMARTS) is 1. The lowest BCUT2D eigenvalue weighted by Gasteiger charge is -2.39. The van der Waals surface area contributed by atoms with Crippen LogP contribution in [0.5, 0.6) is 0 Å². The number of amides is 1. The summed E-state index contributed by atoms with van der Waals surface area (Å²) >= 11 is 0. The van der Waals surface area contributed by atoms with Gasteiger partial charge < -0.3 is 15.0 Å². The average Bonchev–Trinajstić information content (AvgIpc) is 3.24. The zero-order valence-electron chi connectivity index (χ0n) is 20.2. The van der Waals surface area contributed by atoms with Crippen LogP contribution >= 0.6 is 0 Å². The number of hydrogen-bond acceptors (Lipinski definition) is 4. The van der Waals surface area contributed by atoms with Crippen molar-refractivity contribution < 1.29 is 9.90 Å². The molecule has 8 nitrogen and oxygen atoms in total. The number of rotatable bonds is 8. The van der Waals surface area contributed by atoms with E-state index in [0.717, 1.165) is 30.7 Å². The highest BCUT2D eigenvalue weighted by molar-refractivity contribution is 5.75. The highest BCUT2D eigenvalue weighted by Gasteiger charge is 2.33. The number of hydrogen-bond donors (Lipinski definition) is 2. The minimum absolute atomic E-state index is 0.0444. The summed E-state index contributed by atoms with van der Waals surface area (Å²) in [6.45, 7) is 2.68. The summed E-state index contributed by atoms with van der Waals surface area (Å²) in [5.74, 6) is 0. The predicted molar refractivity (Wildman–Crippen MR) is 139 cm³/mol. The minimum atomic E-state index is -0.895. The van der Waals surface area contributed by atoms with Gasteiger partial charge in [0.15, 0.2) is 0 Å². The van der Waals surface area contributed by atoms with Gasteiger partial charge in [-0.2, -0.15) is 0 Å². The van der Waals surface area contributed by atoms with E-state index in [1.54, 1.807) is 17.3 Å². The Morgan fingerprint density at radius 2 is 1.69 bits per heavy atom. The summed E-state index contributed by atoms with van der Waals surface area (Å²) in [7, 11) is 0. The number of piperidine rings is 1. The first-order valence-corrected chi connectivity index (χ1v) is 12.4. The number of H-pyrrole nitrogens is 1. The van der Waals surface area contributed by atoms with Crippen LogP contribution in [0.2, 0.25) is 0 Å². The number of nitrogens with zero attached hydrogens (tertiary/aromatic N) is 4. The van der Waals surface area contributed by atoms with Gasteiger partial charge in [-0.25, -0.2) is 9.59 Å². The number of carbonyl (C=O) groups is 1. The van der Waals surface area contributed by atoms with E-state index in [9.17, 15) is 14.7 Å². The Kier molecular flexibility index (Phi) is 7.13. The molecule has 1 fully saturated rings. The quantitative estimate of drug-likeness (QED) is 0.383. The molecule has 2 N–H and O–H groups in total. The highest BCUT2D eigenvalue weighted by Crippen LogP contribution is 2.30. The molecule has 186 valence electrons. The van der Waals surface area contributed by atoms with E-state index in [1.165, 1.54) is 11.1 Å². The largest absolute Gasteiger partial charge is 0.465 e. The van der Waals surface area contributed by atoms with Crippen LogP contribution in [0.3, 0.4) is 0 Å². The predicted octanol–water partition coefficient (Wildman–Crippen LogP) is 4.50. The van der Waals surface area contributed by atoms with Crippen molar-refractivity contribution in [3.63, 3.8) is 0 Å². The summed E-state index contributed by atoms with van der Waals surface area (Å²) in [6, 6.07) is 21.8. The zero-order valence-corrected chi connectivity index (χ0v) is 20.2. The SMILES string of the molecule is O=C(O)N1CCC(n2c(=O)[nH]c3ccccc32)CC1CCN(Cc1ccccc1)Cc1ccncc1. The molecule has 36 heavy (non-hydrogen) atoms. The van der Waals surface area contributed by atoms with Gasteiger partial charge in [-0.1, -0.05) is 42.5 Å². The number of fused-ring (bicyclic) bond motifs is 1. The molecule has 3 heterocycles. The van der Waals surface area contributed by atoms with E-state index >= 15 is 0 Å². The van der Waals surface area contributed by atoms with Gasteiger partial charge in [0.1, 0.15) is 0 Å². The second-order valence-corrected chi connectivity index (χ2v) is 9.47. The molecule has 2 aromatic heterocycles. The standard InChI is InChI=1S/C28H31N5O3/c34-27-30-25-8-4-5-9-26(25)33(27)24-13-17-32(28(35)36)23(18-24)12-16-31(19-21-6-2-1-3-7-21)20-22-10-14-29-15-11-22/h1-11,14-15,23-24H,12-13,16-20H2,(H,30,34)(H,35,36). The molecule has 4 aromatic rings. The molecular formula is C28H31N5O3. The van der Waals surface area contributed by atoms with E-state index in [4.69, 9.17) is 0 Å². The Hall–Kier alpha value is -3.91. The summed E-state index contributed by atoms with van der Waals surface area (Å²) in [5, 5.41) is 9.92. The molecule has 1 saturated heterocycles. The lowest BCUT2D eigenvalue weighted by atomic mass is 9.94. The summed E-state index contributed by atoms with van der Waals surface area (Å²) in [6.07, 6.45) is 4.63. The Morgan fingerprint density at radius 1 is 1.00 bits per heavy atom. The van der Waals surface area contributed by atoms with Gasteiger partial charge in [0.25, 0.3) is 0 Å². The maximum atomic E-state index is 12.8. The maximum absolute atomic E-state index is 12.8. The molecule has 8 heteroatoms.